The van der Waals surface area contributed by atoms with Crippen LogP contribution >= 0.6 is 0 Å². The Morgan fingerprint density at radius 2 is 2.03 bits per heavy atom. The number of carbonyl (C=O) groups is 1. The van der Waals surface area contributed by atoms with Gasteiger partial charge in [-0.3, -0.25) is 10.1 Å². The van der Waals surface area contributed by atoms with Crippen molar-refractivity contribution >= 4 is 17.3 Å². The molecule has 0 bridgehead atoms. The van der Waals surface area contributed by atoms with Gasteiger partial charge in [0.25, 0.3) is 5.69 Å². The lowest BCUT2D eigenvalue weighted by atomic mass is 9.76. The molecular weight excluding hydrogens is 368 g/mol. The van der Waals surface area contributed by atoms with Crippen LogP contribution in [-0.2, 0) is 4.74 Å². The summed E-state index contributed by atoms with van der Waals surface area (Å²) >= 11 is 0. The van der Waals surface area contributed by atoms with Crippen LogP contribution in [0.5, 0.6) is 0 Å². The molecule has 0 amide bonds. The van der Waals surface area contributed by atoms with Crippen LogP contribution < -0.4 is 5.32 Å². The minimum atomic E-state index is -0.381. The summed E-state index contributed by atoms with van der Waals surface area (Å²) in [5, 5.41) is 14.5. The summed E-state index contributed by atoms with van der Waals surface area (Å²) in [5.74, 6) is 0.224. The Hall–Kier alpha value is -3.15. The standard InChI is InChI=1S/C23H24N2O4/c1-2-3-13-29-23(26)16-9-12-21-20(14-16)18-5-4-6-19(18)22(24-21)15-7-10-17(11-8-15)25(27)28/h4-5,7-12,14,18-19,22,24H,2-3,6,13H2,1H3/t18-,19+,22+/m1/s1. The highest BCUT2D eigenvalue weighted by atomic mass is 16.6. The van der Waals surface area contributed by atoms with Gasteiger partial charge >= 0.3 is 5.97 Å². The van der Waals surface area contributed by atoms with Crippen LogP contribution in [0.1, 0.15) is 59.6 Å². The first kappa shape index (κ1) is 19.2. The zero-order valence-electron chi connectivity index (χ0n) is 16.3. The zero-order valence-corrected chi connectivity index (χ0v) is 16.3. The van der Waals surface area contributed by atoms with E-state index < -0.39 is 0 Å². The number of unbranched alkanes of at least 4 members (excludes halogenated alkanes) is 1. The number of fused-ring (bicyclic) bond motifs is 3. The molecule has 0 spiro atoms. The normalized spacial score (nSPS) is 21.8. The van der Waals surface area contributed by atoms with Crippen LogP contribution in [0.2, 0.25) is 0 Å². The van der Waals surface area contributed by atoms with Crippen molar-refractivity contribution in [2.24, 2.45) is 5.92 Å². The fourth-order valence-electron chi connectivity index (χ4n) is 4.25. The van der Waals surface area contributed by atoms with E-state index in [1.165, 1.54) is 0 Å². The highest BCUT2D eigenvalue weighted by Crippen LogP contribution is 2.50. The molecule has 2 aromatic carbocycles. The summed E-state index contributed by atoms with van der Waals surface area (Å²) in [6.45, 7) is 2.51. The van der Waals surface area contributed by atoms with E-state index in [1.807, 2.05) is 24.3 Å². The Morgan fingerprint density at radius 3 is 2.76 bits per heavy atom. The summed E-state index contributed by atoms with van der Waals surface area (Å²) in [4.78, 5) is 22.9. The van der Waals surface area contributed by atoms with Gasteiger partial charge in [-0.2, -0.15) is 0 Å². The van der Waals surface area contributed by atoms with E-state index in [1.54, 1.807) is 18.2 Å². The first-order chi connectivity index (χ1) is 14.1. The number of nitrogens with one attached hydrogen (secondary N) is 1. The molecule has 4 rings (SSSR count). The number of hydrogen-bond acceptors (Lipinski definition) is 5. The summed E-state index contributed by atoms with van der Waals surface area (Å²) in [5.41, 5.74) is 3.80. The van der Waals surface area contributed by atoms with Crippen LogP contribution in [0.15, 0.2) is 54.6 Å². The molecule has 1 heterocycles. The lowest BCUT2D eigenvalue weighted by molar-refractivity contribution is -0.384. The van der Waals surface area contributed by atoms with Gasteiger partial charge in [0.05, 0.1) is 23.1 Å². The lowest BCUT2D eigenvalue weighted by Crippen LogP contribution is -2.29. The second-order valence-corrected chi connectivity index (χ2v) is 7.62. The molecule has 0 fully saturated rings. The molecule has 6 heteroatoms. The molecule has 2 aliphatic rings. The molecule has 1 aliphatic carbocycles. The average Bonchev–Trinajstić information content (AvgIpc) is 3.23. The number of allylic oxidation sites excluding steroid dienone is 2. The molecule has 150 valence electrons. The third kappa shape index (κ3) is 3.75. The number of hydrogen-bond donors (Lipinski definition) is 1. The van der Waals surface area contributed by atoms with Crippen LogP contribution in [0.4, 0.5) is 11.4 Å². The largest absolute Gasteiger partial charge is 0.462 e. The molecule has 1 aliphatic heterocycles. The average molecular weight is 392 g/mol. The number of rotatable bonds is 6. The van der Waals surface area contributed by atoms with Crippen molar-refractivity contribution in [2.75, 3.05) is 11.9 Å². The van der Waals surface area contributed by atoms with Crippen molar-refractivity contribution in [3.8, 4) is 0 Å². The number of ether oxygens (including phenoxy) is 1. The van der Waals surface area contributed by atoms with Crippen molar-refractivity contribution in [1.29, 1.82) is 0 Å². The molecule has 29 heavy (non-hydrogen) atoms. The second kappa shape index (κ2) is 8.07. The monoisotopic (exact) mass is 392 g/mol. The van der Waals surface area contributed by atoms with Crippen molar-refractivity contribution in [3.63, 3.8) is 0 Å². The maximum absolute atomic E-state index is 12.4. The van der Waals surface area contributed by atoms with E-state index >= 15 is 0 Å². The second-order valence-electron chi connectivity index (χ2n) is 7.62. The Bertz CT molecular complexity index is 952. The summed E-state index contributed by atoms with van der Waals surface area (Å²) < 4.78 is 5.36. The molecule has 3 atom stereocenters. The number of benzene rings is 2. The predicted molar refractivity (Wildman–Crippen MR) is 111 cm³/mol. The number of nitrogens with zero attached hydrogens (tertiary/aromatic N) is 1. The van der Waals surface area contributed by atoms with Crippen LogP contribution in [0.3, 0.4) is 0 Å². The topological polar surface area (TPSA) is 81.5 Å². The number of esters is 1. The van der Waals surface area contributed by atoms with Gasteiger partial charge in [0.1, 0.15) is 0 Å². The van der Waals surface area contributed by atoms with Gasteiger partial charge in [-0.15, -0.1) is 0 Å². The van der Waals surface area contributed by atoms with Crippen LogP contribution in [0.25, 0.3) is 0 Å². The summed E-state index contributed by atoms with van der Waals surface area (Å²) in [6, 6.07) is 12.5. The van der Waals surface area contributed by atoms with Crippen molar-refractivity contribution in [1.82, 2.24) is 0 Å². The van der Waals surface area contributed by atoms with Crippen LogP contribution in [-0.4, -0.2) is 17.5 Å². The molecular formula is C23H24N2O4. The molecule has 0 unspecified atom stereocenters. The van der Waals surface area contributed by atoms with Crippen molar-refractivity contribution in [3.05, 3.63) is 81.4 Å². The predicted octanol–water partition coefficient (Wildman–Crippen LogP) is 5.38. The van der Waals surface area contributed by atoms with E-state index in [0.29, 0.717) is 18.1 Å². The first-order valence-corrected chi connectivity index (χ1v) is 10.1. The fourth-order valence-corrected chi connectivity index (χ4v) is 4.25. The third-order valence-corrected chi connectivity index (χ3v) is 5.79. The maximum atomic E-state index is 12.4. The minimum absolute atomic E-state index is 0.0608. The Balaban J connectivity index is 1.60. The van der Waals surface area contributed by atoms with E-state index in [0.717, 1.165) is 36.1 Å². The van der Waals surface area contributed by atoms with Gasteiger partial charge in [0.15, 0.2) is 0 Å². The van der Waals surface area contributed by atoms with E-state index in [-0.39, 0.29) is 28.5 Å². The van der Waals surface area contributed by atoms with Gasteiger partial charge < -0.3 is 10.1 Å². The van der Waals surface area contributed by atoms with Gasteiger partial charge in [0.2, 0.25) is 0 Å². The number of nitro benzene ring substituents is 1. The summed E-state index contributed by atoms with van der Waals surface area (Å²) in [6.07, 6.45) is 7.15. The smallest absolute Gasteiger partial charge is 0.338 e. The van der Waals surface area contributed by atoms with Gasteiger partial charge in [0, 0.05) is 23.7 Å². The third-order valence-electron chi connectivity index (χ3n) is 5.79. The first-order valence-electron chi connectivity index (χ1n) is 10.1. The lowest BCUT2D eigenvalue weighted by Gasteiger charge is -2.37. The van der Waals surface area contributed by atoms with Gasteiger partial charge in [-0.05, 0) is 48.1 Å². The molecule has 0 saturated carbocycles. The van der Waals surface area contributed by atoms with Crippen LogP contribution in [0, 0.1) is 16.0 Å². The molecule has 6 nitrogen and oxygen atoms in total. The van der Waals surface area contributed by atoms with Crippen molar-refractivity contribution in [2.45, 2.75) is 38.1 Å². The highest BCUT2D eigenvalue weighted by Gasteiger charge is 2.38. The van der Waals surface area contributed by atoms with Crippen molar-refractivity contribution < 1.29 is 14.5 Å². The molecule has 0 radical (unpaired) electrons. The molecule has 1 N–H and O–H groups in total. The molecule has 2 aromatic rings. The quantitative estimate of drug-likeness (QED) is 0.235. The fraction of sp³-hybridized carbons (Fsp3) is 0.348. The maximum Gasteiger partial charge on any atom is 0.338 e. The summed E-state index contributed by atoms with van der Waals surface area (Å²) in [7, 11) is 0. The Labute approximate surface area is 169 Å². The zero-order chi connectivity index (χ0) is 20.4. The van der Waals surface area contributed by atoms with E-state index in [2.05, 4.69) is 24.4 Å². The van der Waals surface area contributed by atoms with Gasteiger partial charge in [-0.25, -0.2) is 4.79 Å². The minimum Gasteiger partial charge on any atom is -0.462 e. The Morgan fingerprint density at radius 1 is 1.24 bits per heavy atom. The molecule has 0 saturated heterocycles. The highest BCUT2D eigenvalue weighted by molar-refractivity contribution is 5.90. The SMILES string of the molecule is CCCCOC(=O)c1ccc2c(c1)[C@@H]1C=CC[C@@H]1[C@H](c1ccc([N+](=O)[O-])cc1)N2. The molecule has 0 aromatic heterocycles. The number of nitro groups is 1. The van der Waals surface area contributed by atoms with E-state index in [4.69, 9.17) is 4.74 Å². The number of carbonyl (C=O) groups excluding carboxylic acids is 1. The Kier molecular flexibility index (Phi) is 5.34. The number of anilines is 1. The van der Waals surface area contributed by atoms with E-state index in [9.17, 15) is 14.9 Å². The van der Waals surface area contributed by atoms with Gasteiger partial charge in [-0.1, -0.05) is 37.6 Å². The number of non-ortho nitro benzene ring substituents is 1.